The third kappa shape index (κ3) is 3.53. The fourth-order valence-electron chi connectivity index (χ4n) is 1.68. The van der Waals surface area contributed by atoms with Gasteiger partial charge in [-0.1, -0.05) is 12.1 Å². The molecule has 2 aromatic carbocycles. The summed E-state index contributed by atoms with van der Waals surface area (Å²) in [6.45, 7) is -0.268. The van der Waals surface area contributed by atoms with E-state index in [1.165, 1.54) is 18.2 Å². The van der Waals surface area contributed by atoms with Gasteiger partial charge in [0.25, 0.3) is 0 Å². The molecule has 4 nitrogen and oxygen atoms in total. The van der Waals surface area contributed by atoms with Crippen LogP contribution < -0.4 is 10.5 Å². The lowest BCUT2D eigenvalue weighted by Crippen LogP contribution is -2.24. The maximum Gasteiger partial charge on any atom is 0.243 e. The fraction of sp³-hybridized carbons (Fsp3) is 0.0769. The molecule has 0 saturated heterocycles. The highest BCUT2D eigenvalue weighted by Crippen LogP contribution is 2.21. The minimum atomic E-state index is -4.31. The van der Waals surface area contributed by atoms with Crippen LogP contribution in [-0.4, -0.2) is 8.42 Å². The molecule has 0 radical (unpaired) electrons. The Morgan fingerprint density at radius 1 is 1.10 bits per heavy atom. The summed E-state index contributed by atoms with van der Waals surface area (Å²) < 4.78 is 65.7. The van der Waals surface area contributed by atoms with Crippen LogP contribution in [0.15, 0.2) is 41.3 Å². The second-order valence-corrected chi connectivity index (χ2v) is 6.00. The molecule has 0 atom stereocenters. The van der Waals surface area contributed by atoms with E-state index in [1.807, 2.05) is 0 Å². The highest BCUT2D eigenvalue weighted by Gasteiger charge is 2.22. The minimum Gasteiger partial charge on any atom is -0.399 e. The maximum atomic E-state index is 13.6. The number of nitrogen functional groups attached to an aromatic ring is 1. The molecule has 0 fully saturated rings. The van der Waals surface area contributed by atoms with Crippen LogP contribution in [0.4, 0.5) is 18.9 Å². The van der Waals surface area contributed by atoms with E-state index in [0.29, 0.717) is 11.6 Å². The van der Waals surface area contributed by atoms with Gasteiger partial charge in [-0.05, 0) is 29.8 Å². The van der Waals surface area contributed by atoms with Crippen molar-refractivity contribution in [2.45, 2.75) is 11.4 Å². The zero-order chi connectivity index (χ0) is 15.6. The zero-order valence-corrected chi connectivity index (χ0v) is 11.4. The summed E-state index contributed by atoms with van der Waals surface area (Å²) in [7, 11) is -4.31. The van der Waals surface area contributed by atoms with Crippen molar-refractivity contribution in [2.75, 3.05) is 5.73 Å². The van der Waals surface area contributed by atoms with E-state index < -0.39 is 32.4 Å². The summed E-state index contributed by atoms with van der Waals surface area (Å²) in [6, 6.07) is 6.71. The van der Waals surface area contributed by atoms with Crippen molar-refractivity contribution in [3.05, 3.63) is 59.4 Å². The second-order valence-electron chi connectivity index (χ2n) is 4.27. The Morgan fingerprint density at radius 2 is 1.81 bits per heavy atom. The molecule has 0 aliphatic heterocycles. The quantitative estimate of drug-likeness (QED) is 0.849. The Bertz CT molecular complexity index is 779. The lowest BCUT2D eigenvalue weighted by atomic mass is 10.2. The van der Waals surface area contributed by atoms with E-state index in [4.69, 9.17) is 5.73 Å². The monoisotopic (exact) mass is 316 g/mol. The van der Waals surface area contributed by atoms with Gasteiger partial charge in [0.2, 0.25) is 10.0 Å². The SMILES string of the molecule is Nc1cc(F)c(F)c(S(=O)(=O)NCc2cccc(F)c2)c1. The molecule has 0 aromatic heterocycles. The van der Waals surface area contributed by atoms with Crippen LogP contribution in [0.3, 0.4) is 0 Å². The maximum absolute atomic E-state index is 13.6. The normalized spacial score (nSPS) is 11.6. The van der Waals surface area contributed by atoms with Gasteiger partial charge >= 0.3 is 0 Å². The zero-order valence-electron chi connectivity index (χ0n) is 10.6. The predicted molar refractivity (Wildman–Crippen MR) is 71.2 cm³/mol. The molecule has 2 aromatic rings. The Hall–Kier alpha value is -2.06. The van der Waals surface area contributed by atoms with Gasteiger partial charge in [0, 0.05) is 12.2 Å². The summed E-state index contributed by atoms with van der Waals surface area (Å²) in [5.74, 6) is -3.41. The molecular formula is C13H11F3N2O2S. The first kappa shape index (κ1) is 15.3. The molecule has 2 rings (SSSR count). The smallest absolute Gasteiger partial charge is 0.243 e. The van der Waals surface area contributed by atoms with Gasteiger partial charge < -0.3 is 5.73 Å². The summed E-state index contributed by atoms with van der Waals surface area (Å²) in [6.07, 6.45) is 0. The number of hydrogen-bond acceptors (Lipinski definition) is 3. The Kier molecular flexibility index (Phi) is 4.19. The molecule has 0 aliphatic rings. The summed E-state index contributed by atoms with van der Waals surface area (Å²) in [5, 5.41) is 0. The molecule has 112 valence electrons. The fourth-order valence-corrected chi connectivity index (χ4v) is 2.82. The number of nitrogens with one attached hydrogen (secondary N) is 1. The van der Waals surface area contributed by atoms with E-state index >= 15 is 0 Å². The van der Waals surface area contributed by atoms with Crippen LogP contribution in [0.5, 0.6) is 0 Å². The van der Waals surface area contributed by atoms with Crippen molar-refractivity contribution in [3.63, 3.8) is 0 Å². The average molecular weight is 316 g/mol. The predicted octanol–water partition coefficient (Wildman–Crippen LogP) is 2.16. The summed E-state index contributed by atoms with van der Waals surface area (Å²) in [4.78, 5) is -0.892. The van der Waals surface area contributed by atoms with Crippen molar-refractivity contribution >= 4 is 15.7 Å². The molecule has 0 heterocycles. The van der Waals surface area contributed by atoms with E-state index in [2.05, 4.69) is 4.72 Å². The minimum absolute atomic E-state index is 0.222. The van der Waals surface area contributed by atoms with Crippen LogP contribution in [-0.2, 0) is 16.6 Å². The number of halogens is 3. The number of anilines is 1. The summed E-state index contributed by atoms with van der Waals surface area (Å²) in [5.41, 5.74) is 5.42. The van der Waals surface area contributed by atoms with Gasteiger partial charge in [-0.3, -0.25) is 0 Å². The summed E-state index contributed by atoms with van der Waals surface area (Å²) >= 11 is 0. The molecule has 8 heteroatoms. The van der Waals surface area contributed by atoms with Gasteiger partial charge in [-0.25, -0.2) is 26.3 Å². The molecule has 0 unspecified atom stereocenters. The van der Waals surface area contributed by atoms with Gasteiger partial charge in [0.1, 0.15) is 10.7 Å². The van der Waals surface area contributed by atoms with Crippen molar-refractivity contribution in [3.8, 4) is 0 Å². The van der Waals surface area contributed by atoms with Gasteiger partial charge in [0.15, 0.2) is 11.6 Å². The first-order chi connectivity index (χ1) is 9.79. The number of sulfonamides is 1. The van der Waals surface area contributed by atoms with E-state index in [0.717, 1.165) is 12.1 Å². The van der Waals surface area contributed by atoms with Gasteiger partial charge in [0.05, 0.1) is 0 Å². The largest absolute Gasteiger partial charge is 0.399 e. The van der Waals surface area contributed by atoms with Gasteiger partial charge in [-0.2, -0.15) is 0 Å². The van der Waals surface area contributed by atoms with E-state index in [9.17, 15) is 21.6 Å². The number of nitrogens with two attached hydrogens (primary N) is 1. The molecule has 0 aliphatic carbocycles. The number of benzene rings is 2. The van der Waals surface area contributed by atoms with Crippen molar-refractivity contribution in [2.24, 2.45) is 0 Å². The van der Waals surface area contributed by atoms with Crippen LogP contribution in [0.25, 0.3) is 0 Å². The van der Waals surface area contributed by atoms with Crippen molar-refractivity contribution < 1.29 is 21.6 Å². The molecule has 0 bridgehead atoms. The number of hydrogen-bond donors (Lipinski definition) is 2. The lowest BCUT2D eigenvalue weighted by Gasteiger charge is -2.09. The van der Waals surface area contributed by atoms with Crippen molar-refractivity contribution in [1.29, 1.82) is 0 Å². The highest BCUT2D eigenvalue weighted by atomic mass is 32.2. The van der Waals surface area contributed by atoms with Crippen LogP contribution in [0, 0.1) is 17.5 Å². The average Bonchev–Trinajstić information content (AvgIpc) is 2.41. The molecule has 0 amide bonds. The molecule has 3 N–H and O–H groups in total. The van der Waals surface area contributed by atoms with Crippen LogP contribution in [0.2, 0.25) is 0 Å². The Morgan fingerprint density at radius 3 is 2.48 bits per heavy atom. The van der Waals surface area contributed by atoms with Crippen LogP contribution in [0.1, 0.15) is 5.56 Å². The van der Waals surface area contributed by atoms with E-state index in [1.54, 1.807) is 0 Å². The number of rotatable bonds is 4. The standard InChI is InChI=1S/C13H11F3N2O2S/c14-9-3-1-2-8(4-9)7-18-21(19,20)12-6-10(17)5-11(15)13(12)16/h1-6,18H,7,17H2. The van der Waals surface area contributed by atoms with Gasteiger partial charge in [-0.15, -0.1) is 0 Å². The van der Waals surface area contributed by atoms with Crippen LogP contribution >= 0.6 is 0 Å². The molecule has 0 spiro atoms. The molecule has 21 heavy (non-hydrogen) atoms. The van der Waals surface area contributed by atoms with Crippen molar-refractivity contribution in [1.82, 2.24) is 4.72 Å². The highest BCUT2D eigenvalue weighted by molar-refractivity contribution is 7.89. The lowest BCUT2D eigenvalue weighted by molar-refractivity contribution is 0.483. The first-order valence-electron chi connectivity index (χ1n) is 5.78. The Labute approximate surface area is 119 Å². The molecule has 0 saturated carbocycles. The first-order valence-corrected chi connectivity index (χ1v) is 7.26. The second kappa shape index (κ2) is 5.74. The Balaban J connectivity index is 2.27. The third-order valence-corrected chi connectivity index (χ3v) is 4.06. The van der Waals surface area contributed by atoms with E-state index in [-0.39, 0.29) is 12.2 Å². The third-order valence-electron chi connectivity index (χ3n) is 2.66. The molecular weight excluding hydrogens is 305 g/mol. The topological polar surface area (TPSA) is 72.2 Å².